The Labute approximate surface area is 185 Å². The van der Waals surface area contributed by atoms with Gasteiger partial charge in [-0.1, -0.05) is 12.1 Å². The molecule has 4 rings (SSSR count). The van der Waals surface area contributed by atoms with E-state index in [-0.39, 0.29) is 17.3 Å². The van der Waals surface area contributed by atoms with Gasteiger partial charge in [0, 0.05) is 23.2 Å². The molecular weight excluding hydrogens is 431 g/mol. The molecule has 2 aromatic heterocycles. The Bertz CT molecular complexity index is 1360. The zero-order valence-corrected chi connectivity index (χ0v) is 18.7. The van der Waals surface area contributed by atoms with Gasteiger partial charge in [0.05, 0.1) is 23.1 Å². The zero-order chi connectivity index (χ0) is 22.9. The molecule has 7 nitrogen and oxygen atoms in total. The van der Waals surface area contributed by atoms with Crippen molar-refractivity contribution >= 4 is 20.8 Å². The largest absolute Gasteiger partial charge is 0.491 e. The lowest BCUT2D eigenvalue weighted by atomic mass is 10.1. The van der Waals surface area contributed by atoms with Crippen molar-refractivity contribution < 1.29 is 17.5 Å². The molecule has 2 heterocycles. The van der Waals surface area contributed by atoms with Crippen LogP contribution >= 0.6 is 0 Å². The summed E-state index contributed by atoms with van der Waals surface area (Å²) in [6.45, 7) is 5.18. The van der Waals surface area contributed by atoms with Gasteiger partial charge in [0.15, 0.2) is 0 Å². The number of ether oxygens (including phenoxy) is 1. The van der Waals surface area contributed by atoms with Crippen LogP contribution in [-0.2, 0) is 10.0 Å². The molecule has 9 heteroatoms. The topological polar surface area (TPSA) is 86.1 Å². The molecule has 0 amide bonds. The van der Waals surface area contributed by atoms with Gasteiger partial charge >= 0.3 is 0 Å². The summed E-state index contributed by atoms with van der Waals surface area (Å²) in [7, 11) is -3.86. The van der Waals surface area contributed by atoms with E-state index in [1.165, 1.54) is 16.8 Å². The normalized spacial score (nSPS) is 12.8. The van der Waals surface area contributed by atoms with Crippen molar-refractivity contribution in [1.82, 2.24) is 19.5 Å². The van der Waals surface area contributed by atoms with Crippen molar-refractivity contribution in [3.63, 3.8) is 0 Å². The molecule has 0 saturated carbocycles. The average molecular weight is 455 g/mol. The minimum absolute atomic E-state index is 0.102. The van der Waals surface area contributed by atoms with Gasteiger partial charge in [0.2, 0.25) is 10.0 Å². The molecule has 1 atom stereocenters. The van der Waals surface area contributed by atoms with Gasteiger partial charge in [-0.15, -0.1) is 0 Å². The van der Waals surface area contributed by atoms with Crippen LogP contribution in [0.25, 0.3) is 16.5 Å². The Morgan fingerprint density at radius 3 is 2.62 bits per heavy atom. The first-order valence-electron chi connectivity index (χ1n) is 10.1. The van der Waals surface area contributed by atoms with Crippen LogP contribution in [0.15, 0.2) is 65.8 Å². The fourth-order valence-corrected chi connectivity index (χ4v) is 5.26. The molecule has 32 heavy (non-hydrogen) atoms. The first-order chi connectivity index (χ1) is 15.3. The molecule has 166 valence electrons. The number of aromatic nitrogens is 3. The molecule has 0 aliphatic rings. The van der Waals surface area contributed by atoms with Crippen molar-refractivity contribution in [3.05, 3.63) is 78.1 Å². The number of nitrogens with one attached hydrogen (secondary N) is 1. The molecule has 0 aliphatic heterocycles. The van der Waals surface area contributed by atoms with Crippen molar-refractivity contribution in [2.24, 2.45) is 0 Å². The predicted molar refractivity (Wildman–Crippen MR) is 120 cm³/mol. The van der Waals surface area contributed by atoms with E-state index < -0.39 is 16.1 Å². The molecule has 0 saturated heterocycles. The van der Waals surface area contributed by atoms with Crippen molar-refractivity contribution in [3.8, 4) is 11.4 Å². The maximum atomic E-state index is 13.3. The number of halogens is 1. The number of hydrogen-bond acceptors (Lipinski definition) is 5. The summed E-state index contributed by atoms with van der Waals surface area (Å²) in [6.07, 6.45) is 3.43. The van der Waals surface area contributed by atoms with Gasteiger partial charge < -0.3 is 4.74 Å². The van der Waals surface area contributed by atoms with Crippen LogP contribution < -0.4 is 9.46 Å². The first kappa shape index (κ1) is 21.9. The molecule has 0 spiro atoms. The maximum absolute atomic E-state index is 13.3. The van der Waals surface area contributed by atoms with Crippen LogP contribution in [0.1, 0.15) is 18.3 Å². The fraction of sp³-hybridized carbons (Fsp3) is 0.217. The van der Waals surface area contributed by atoms with Gasteiger partial charge in [-0.05, 0) is 57.2 Å². The summed E-state index contributed by atoms with van der Waals surface area (Å²) < 4.78 is 49.5. The lowest BCUT2D eigenvalue weighted by Crippen LogP contribution is -2.37. The highest BCUT2D eigenvalue weighted by molar-refractivity contribution is 7.89. The van der Waals surface area contributed by atoms with Gasteiger partial charge in [-0.3, -0.25) is 4.98 Å². The van der Waals surface area contributed by atoms with Gasteiger partial charge in [-0.2, -0.15) is 5.10 Å². The van der Waals surface area contributed by atoms with E-state index in [4.69, 9.17) is 4.74 Å². The molecule has 0 fully saturated rings. The average Bonchev–Trinajstić information content (AvgIpc) is 3.07. The smallest absolute Gasteiger partial charge is 0.244 e. The molecule has 0 radical (unpaired) electrons. The number of fused-ring (bicyclic) bond motifs is 1. The van der Waals surface area contributed by atoms with Crippen LogP contribution in [-0.4, -0.2) is 35.8 Å². The van der Waals surface area contributed by atoms with Crippen LogP contribution in [0, 0.1) is 19.7 Å². The Hall–Kier alpha value is -3.30. The second kappa shape index (κ2) is 8.68. The quantitative estimate of drug-likeness (QED) is 0.457. The van der Waals surface area contributed by atoms with Crippen molar-refractivity contribution in [2.45, 2.75) is 31.7 Å². The van der Waals surface area contributed by atoms with E-state index in [0.29, 0.717) is 22.8 Å². The minimum atomic E-state index is -3.86. The van der Waals surface area contributed by atoms with E-state index in [0.717, 1.165) is 10.8 Å². The van der Waals surface area contributed by atoms with Gasteiger partial charge in [0.25, 0.3) is 0 Å². The monoisotopic (exact) mass is 454 g/mol. The summed E-state index contributed by atoms with van der Waals surface area (Å²) in [5, 5.41) is 6.20. The number of nitrogens with zero attached hydrogens (tertiary/aromatic N) is 3. The van der Waals surface area contributed by atoms with E-state index >= 15 is 0 Å². The van der Waals surface area contributed by atoms with Crippen LogP contribution in [0.5, 0.6) is 5.75 Å². The molecule has 0 unspecified atom stereocenters. The Balaban J connectivity index is 1.52. The minimum Gasteiger partial charge on any atom is -0.491 e. The maximum Gasteiger partial charge on any atom is 0.244 e. The van der Waals surface area contributed by atoms with Crippen molar-refractivity contribution in [1.29, 1.82) is 0 Å². The predicted octanol–water partition coefficient (Wildman–Crippen LogP) is 3.92. The van der Waals surface area contributed by atoms with E-state index in [2.05, 4.69) is 14.8 Å². The third-order valence-corrected chi connectivity index (χ3v) is 6.89. The standard InChI is InChI=1S/C23H23FN4O3S/c1-15(14-31-22-6-4-5-18-13-25-12-11-21(18)22)27-32(29,30)23-16(2)26-28(17(23)3)20-9-7-19(24)8-10-20/h4-13,15,27H,14H2,1-3H3/t15-/m0/s1. The molecule has 0 bridgehead atoms. The highest BCUT2D eigenvalue weighted by Crippen LogP contribution is 2.25. The lowest BCUT2D eigenvalue weighted by molar-refractivity contribution is 0.290. The highest BCUT2D eigenvalue weighted by Gasteiger charge is 2.27. The number of benzene rings is 2. The number of hydrogen-bond donors (Lipinski definition) is 1. The molecule has 2 aromatic carbocycles. The van der Waals surface area contributed by atoms with Crippen LogP contribution in [0.4, 0.5) is 4.39 Å². The SMILES string of the molecule is Cc1nn(-c2ccc(F)cc2)c(C)c1S(=O)(=O)N[C@@H](C)COc1cccc2cnccc12. The van der Waals surface area contributed by atoms with E-state index in [1.807, 2.05) is 24.3 Å². The summed E-state index contributed by atoms with van der Waals surface area (Å²) >= 11 is 0. The first-order valence-corrected chi connectivity index (χ1v) is 11.5. The summed E-state index contributed by atoms with van der Waals surface area (Å²) in [4.78, 5) is 4.20. The van der Waals surface area contributed by atoms with Crippen LogP contribution in [0.2, 0.25) is 0 Å². The van der Waals surface area contributed by atoms with E-state index in [9.17, 15) is 12.8 Å². The number of rotatable bonds is 7. The Kier molecular flexibility index (Phi) is 5.94. The summed E-state index contributed by atoms with van der Waals surface area (Å²) in [6, 6.07) is 12.7. The zero-order valence-electron chi connectivity index (χ0n) is 17.9. The van der Waals surface area contributed by atoms with E-state index in [1.54, 1.807) is 45.3 Å². The van der Waals surface area contributed by atoms with Gasteiger partial charge in [0.1, 0.15) is 23.1 Å². The molecular formula is C23H23FN4O3S. The van der Waals surface area contributed by atoms with Crippen LogP contribution in [0.3, 0.4) is 0 Å². The second-order valence-corrected chi connectivity index (χ2v) is 9.23. The highest BCUT2D eigenvalue weighted by atomic mass is 32.2. The lowest BCUT2D eigenvalue weighted by Gasteiger charge is -2.16. The van der Waals surface area contributed by atoms with Crippen molar-refractivity contribution in [2.75, 3.05) is 6.61 Å². The summed E-state index contributed by atoms with van der Waals surface area (Å²) in [5.41, 5.74) is 1.38. The Morgan fingerprint density at radius 1 is 1.12 bits per heavy atom. The molecule has 4 aromatic rings. The Morgan fingerprint density at radius 2 is 1.88 bits per heavy atom. The number of sulfonamides is 1. The number of pyridine rings is 1. The third-order valence-electron chi connectivity index (χ3n) is 5.05. The third kappa shape index (κ3) is 4.35. The molecule has 1 N–H and O–H groups in total. The molecule has 0 aliphatic carbocycles. The fourth-order valence-electron chi connectivity index (χ4n) is 3.64. The summed E-state index contributed by atoms with van der Waals surface area (Å²) in [5.74, 6) is 0.286. The second-order valence-electron chi connectivity index (χ2n) is 7.57. The van der Waals surface area contributed by atoms with Gasteiger partial charge in [-0.25, -0.2) is 22.2 Å². The number of aryl methyl sites for hydroxylation is 1.